The largest absolute Gasteiger partial charge is 0.481 e. The normalized spacial score (nSPS) is 11.3. The van der Waals surface area contributed by atoms with Crippen LogP contribution in [0.15, 0.2) is 48.5 Å². The third kappa shape index (κ3) is 7.75. The second kappa shape index (κ2) is 12.3. The van der Waals surface area contributed by atoms with Crippen molar-refractivity contribution in [3.05, 3.63) is 65.2 Å². The Morgan fingerprint density at radius 3 is 2.29 bits per heavy atom. The Labute approximate surface area is 181 Å². The first-order chi connectivity index (χ1) is 14.9. The molecule has 0 radical (unpaired) electrons. The fourth-order valence-electron chi connectivity index (χ4n) is 2.71. The number of rotatable bonds is 11. The number of hydrogen-bond donors (Lipinski definition) is 1. The van der Waals surface area contributed by atoms with Crippen LogP contribution in [0.2, 0.25) is 0 Å². The summed E-state index contributed by atoms with van der Waals surface area (Å²) in [6.45, 7) is 3.55. The van der Waals surface area contributed by atoms with Crippen molar-refractivity contribution in [3.8, 4) is 5.75 Å². The van der Waals surface area contributed by atoms with Crippen molar-refractivity contribution in [2.24, 2.45) is 5.73 Å². The molecule has 2 aromatic carbocycles. The number of carbonyl (C=O) groups is 3. The molecule has 31 heavy (non-hydrogen) atoms. The van der Waals surface area contributed by atoms with Crippen molar-refractivity contribution in [2.45, 2.75) is 32.9 Å². The third-order valence-electron chi connectivity index (χ3n) is 4.17. The van der Waals surface area contributed by atoms with E-state index in [4.69, 9.17) is 24.7 Å². The van der Waals surface area contributed by atoms with Crippen molar-refractivity contribution in [2.75, 3.05) is 19.8 Å². The number of esters is 3. The Balaban J connectivity index is 2.05. The lowest BCUT2D eigenvalue weighted by Crippen LogP contribution is -2.34. The van der Waals surface area contributed by atoms with Crippen molar-refractivity contribution in [1.82, 2.24) is 0 Å². The molecular weight excluding hydrogens is 402 g/mol. The first-order valence-corrected chi connectivity index (χ1v) is 9.99. The predicted octanol–water partition coefficient (Wildman–Crippen LogP) is 2.42. The Kier molecular flexibility index (Phi) is 9.51. The molecule has 2 aromatic rings. The van der Waals surface area contributed by atoms with Crippen molar-refractivity contribution in [1.29, 1.82) is 0 Å². The Bertz CT molecular complexity index is 883. The molecule has 0 aliphatic heterocycles. The van der Waals surface area contributed by atoms with E-state index in [-0.39, 0.29) is 44.2 Å². The first kappa shape index (κ1) is 23.9. The molecule has 8 nitrogen and oxygen atoms in total. The predicted molar refractivity (Wildman–Crippen MR) is 112 cm³/mol. The van der Waals surface area contributed by atoms with E-state index in [9.17, 15) is 14.4 Å². The number of hydrogen-bond acceptors (Lipinski definition) is 8. The number of carbonyl (C=O) groups excluding carboxylic acids is 3. The third-order valence-corrected chi connectivity index (χ3v) is 4.17. The maximum Gasteiger partial charge on any atom is 0.344 e. The summed E-state index contributed by atoms with van der Waals surface area (Å²) in [5, 5.41) is 0. The summed E-state index contributed by atoms with van der Waals surface area (Å²) < 4.78 is 20.6. The van der Waals surface area contributed by atoms with Gasteiger partial charge in [-0.25, -0.2) is 9.59 Å². The minimum atomic E-state index is -0.912. The van der Waals surface area contributed by atoms with E-state index >= 15 is 0 Å². The van der Waals surface area contributed by atoms with E-state index in [1.807, 2.05) is 30.3 Å². The van der Waals surface area contributed by atoms with E-state index in [2.05, 4.69) is 0 Å². The van der Waals surface area contributed by atoms with Crippen LogP contribution >= 0.6 is 0 Å². The molecule has 0 saturated heterocycles. The van der Waals surface area contributed by atoms with E-state index in [0.29, 0.717) is 5.56 Å². The Morgan fingerprint density at radius 2 is 1.61 bits per heavy atom. The van der Waals surface area contributed by atoms with Gasteiger partial charge in [-0.15, -0.1) is 0 Å². The molecule has 0 saturated carbocycles. The highest BCUT2D eigenvalue weighted by atomic mass is 16.6. The molecule has 1 atom stereocenters. The fourth-order valence-corrected chi connectivity index (χ4v) is 2.71. The summed E-state index contributed by atoms with van der Waals surface area (Å²) in [6, 6.07) is 13.1. The molecule has 0 aliphatic rings. The molecule has 0 amide bonds. The molecule has 0 aliphatic carbocycles. The van der Waals surface area contributed by atoms with Crippen LogP contribution < -0.4 is 10.5 Å². The van der Waals surface area contributed by atoms with E-state index < -0.39 is 23.9 Å². The molecule has 1 unspecified atom stereocenters. The average Bonchev–Trinajstić information content (AvgIpc) is 2.77. The quantitative estimate of drug-likeness (QED) is 0.428. The highest BCUT2D eigenvalue weighted by Gasteiger charge is 2.20. The summed E-state index contributed by atoms with van der Waals surface area (Å²) in [4.78, 5) is 36.1. The van der Waals surface area contributed by atoms with Crippen molar-refractivity contribution < 1.29 is 33.3 Å². The van der Waals surface area contributed by atoms with Crippen LogP contribution in [0, 0.1) is 0 Å². The molecule has 2 N–H and O–H groups in total. The zero-order valence-electron chi connectivity index (χ0n) is 17.7. The van der Waals surface area contributed by atoms with E-state index in [0.717, 1.165) is 5.56 Å². The molecule has 0 fully saturated rings. The summed E-state index contributed by atoms with van der Waals surface area (Å²) in [5.74, 6) is -1.53. The van der Waals surface area contributed by atoms with Crippen LogP contribution in [0.25, 0.3) is 0 Å². The van der Waals surface area contributed by atoms with Crippen LogP contribution in [-0.2, 0) is 36.8 Å². The molecule has 166 valence electrons. The minimum absolute atomic E-state index is 0.127. The molecule has 0 heterocycles. The monoisotopic (exact) mass is 429 g/mol. The van der Waals surface area contributed by atoms with Crippen LogP contribution in [0.4, 0.5) is 0 Å². The lowest BCUT2D eigenvalue weighted by Gasteiger charge is -2.15. The first-order valence-electron chi connectivity index (χ1n) is 9.99. The number of benzene rings is 2. The van der Waals surface area contributed by atoms with Gasteiger partial charge in [0.05, 0.1) is 13.2 Å². The smallest absolute Gasteiger partial charge is 0.344 e. The highest BCUT2D eigenvalue weighted by Crippen LogP contribution is 2.22. The van der Waals surface area contributed by atoms with Gasteiger partial charge in [0.2, 0.25) is 0 Å². The SMILES string of the molecule is CCOC(=O)COc1ccc(CC(N)C(=O)OCc2ccccc2)cc1C(=O)OCC. The molecule has 0 bridgehead atoms. The van der Waals surface area contributed by atoms with Gasteiger partial charge in [0.15, 0.2) is 6.61 Å². The fraction of sp³-hybridized carbons (Fsp3) is 0.348. The van der Waals surface area contributed by atoms with E-state index in [1.54, 1.807) is 19.9 Å². The van der Waals surface area contributed by atoms with Gasteiger partial charge in [-0.05, 0) is 43.5 Å². The van der Waals surface area contributed by atoms with E-state index in [1.165, 1.54) is 12.1 Å². The molecule has 0 spiro atoms. The van der Waals surface area contributed by atoms with Gasteiger partial charge in [0.25, 0.3) is 0 Å². The summed E-state index contributed by atoms with van der Waals surface area (Å²) >= 11 is 0. The maximum atomic E-state index is 12.3. The van der Waals surface area contributed by atoms with Crippen LogP contribution in [-0.4, -0.2) is 43.8 Å². The standard InChI is InChI=1S/C23H27NO7/c1-3-28-21(25)15-30-20-11-10-17(12-18(20)22(26)29-4-2)13-19(24)23(27)31-14-16-8-6-5-7-9-16/h5-12,19H,3-4,13-15,24H2,1-2H3. The second-order valence-electron chi connectivity index (χ2n) is 6.55. The van der Waals surface area contributed by atoms with Gasteiger partial charge in [0.1, 0.15) is 24.0 Å². The summed E-state index contributed by atoms with van der Waals surface area (Å²) in [7, 11) is 0. The van der Waals surface area contributed by atoms with Crippen LogP contribution in [0.3, 0.4) is 0 Å². The van der Waals surface area contributed by atoms with Crippen molar-refractivity contribution >= 4 is 17.9 Å². The Hall–Kier alpha value is -3.39. The topological polar surface area (TPSA) is 114 Å². The zero-order valence-corrected chi connectivity index (χ0v) is 17.7. The molecular formula is C23H27NO7. The number of ether oxygens (including phenoxy) is 4. The lowest BCUT2D eigenvalue weighted by atomic mass is 10.0. The van der Waals surface area contributed by atoms with Crippen molar-refractivity contribution in [3.63, 3.8) is 0 Å². The lowest BCUT2D eigenvalue weighted by molar-refractivity contribution is -0.147. The van der Waals surface area contributed by atoms with Crippen LogP contribution in [0.1, 0.15) is 35.3 Å². The van der Waals surface area contributed by atoms with Gasteiger partial charge >= 0.3 is 17.9 Å². The summed E-state index contributed by atoms with van der Waals surface area (Å²) in [5.41, 5.74) is 7.60. The second-order valence-corrected chi connectivity index (χ2v) is 6.55. The Morgan fingerprint density at radius 1 is 0.903 bits per heavy atom. The molecule has 0 aromatic heterocycles. The maximum absolute atomic E-state index is 12.3. The van der Waals surface area contributed by atoms with Gasteiger partial charge < -0.3 is 24.7 Å². The average molecular weight is 429 g/mol. The van der Waals surface area contributed by atoms with Gasteiger partial charge in [-0.3, -0.25) is 4.79 Å². The van der Waals surface area contributed by atoms with Gasteiger partial charge in [0, 0.05) is 0 Å². The van der Waals surface area contributed by atoms with Gasteiger partial charge in [-0.1, -0.05) is 36.4 Å². The number of nitrogens with two attached hydrogens (primary N) is 1. The summed E-state index contributed by atoms with van der Waals surface area (Å²) in [6.07, 6.45) is 0.151. The van der Waals surface area contributed by atoms with Crippen LogP contribution in [0.5, 0.6) is 5.75 Å². The molecule has 2 rings (SSSR count). The molecule has 8 heteroatoms. The van der Waals surface area contributed by atoms with Gasteiger partial charge in [-0.2, -0.15) is 0 Å². The highest BCUT2D eigenvalue weighted by molar-refractivity contribution is 5.93. The zero-order chi connectivity index (χ0) is 22.6. The minimum Gasteiger partial charge on any atom is -0.481 e.